The van der Waals surface area contributed by atoms with E-state index in [1.165, 1.54) is 6.08 Å². The van der Waals surface area contributed by atoms with Crippen LogP contribution in [0.5, 0.6) is 0 Å². The summed E-state index contributed by atoms with van der Waals surface area (Å²) in [7, 11) is 3.99. The molecule has 0 aliphatic rings. The summed E-state index contributed by atoms with van der Waals surface area (Å²) in [6.07, 6.45) is 6.37. The molecular weight excluding hydrogens is 250 g/mol. The number of nitrogens with one attached hydrogen (secondary N) is 1. The molecule has 20 heavy (non-hydrogen) atoms. The summed E-state index contributed by atoms with van der Waals surface area (Å²) in [5.41, 5.74) is 2.70. The molecule has 0 aliphatic carbocycles. The van der Waals surface area contributed by atoms with Crippen molar-refractivity contribution < 1.29 is 4.79 Å². The van der Waals surface area contributed by atoms with Crippen molar-refractivity contribution in [2.75, 3.05) is 24.3 Å². The highest BCUT2D eigenvalue weighted by Crippen LogP contribution is 2.15. The molecule has 0 atom stereocenters. The van der Waals surface area contributed by atoms with Crippen LogP contribution in [0.1, 0.15) is 10.4 Å². The zero-order valence-corrected chi connectivity index (χ0v) is 11.6. The van der Waals surface area contributed by atoms with Gasteiger partial charge in [0, 0.05) is 55.7 Å². The standard InChI is InChI=1S/C16H17N3O/c1-19(2)15-5-3-14(4-6-15)18-12-9-16(20)13-7-10-17-11-8-13/h3-12,18H,1-2H3/b12-9+. The van der Waals surface area contributed by atoms with Crippen LogP contribution in [0.15, 0.2) is 61.1 Å². The molecular formula is C16H17N3O. The molecule has 4 nitrogen and oxygen atoms in total. The third-order valence-corrected chi connectivity index (χ3v) is 2.83. The highest BCUT2D eigenvalue weighted by atomic mass is 16.1. The molecule has 2 rings (SSSR count). The highest BCUT2D eigenvalue weighted by molar-refractivity contribution is 6.04. The number of nitrogens with zero attached hydrogens (tertiary/aromatic N) is 2. The number of rotatable bonds is 5. The summed E-state index contributed by atoms with van der Waals surface area (Å²) in [6.45, 7) is 0. The molecule has 102 valence electrons. The first-order valence-electron chi connectivity index (χ1n) is 6.31. The molecule has 1 aromatic heterocycles. The van der Waals surface area contributed by atoms with Crippen LogP contribution < -0.4 is 10.2 Å². The van der Waals surface area contributed by atoms with Gasteiger partial charge in [0.25, 0.3) is 0 Å². The molecule has 0 radical (unpaired) electrons. The Bertz CT molecular complexity index is 589. The Labute approximate surface area is 118 Å². The normalized spacial score (nSPS) is 10.5. The minimum absolute atomic E-state index is 0.0511. The molecule has 0 saturated heterocycles. The van der Waals surface area contributed by atoms with Crippen LogP contribution in [0.25, 0.3) is 0 Å². The zero-order chi connectivity index (χ0) is 14.4. The minimum atomic E-state index is -0.0511. The number of anilines is 2. The van der Waals surface area contributed by atoms with E-state index in [-0.39, 0.29) is 5.78 Å². The second-order valence-corrected chi connectivity index (χ2v) is 4.52. The Morgan fingerprint density at radius 3 is 2.35 bits per heavy atom. The third kappa shape index (κ3) is 3.68. The molecule has 1 N–H and O–H groups in total. The van der Waals surface area contributed by atoms with Gasteiger partial charge in [0.15, 0.2) is 5.78 Å². The number of allylic oxidation sites excluding steroid dienone is 1. The topological polar surface area (TPSA) is 45.2 Å². The fourth-order valence-electron chi connectivity index (χ4n) is 1.68. The molecule has 2 aromatic rings. The van der Waals surface area contributed by atoms with E-state index in [9.17, 15) is 4.79 Å². The van der Waals surface area contributed by atoms with Crippen molar-refractivity contribution in [3.05, 3.63) is 66.6 Å². The molecule has 0 spiro atoms. The number of pyridine rings is 1. The molecule has 0 unspecified atom stereocenters. The lowest BCUT2D eigenvalue weighted by molar-refractivity contribution is 0.104. The summed E-state index contributed by atoms with van der Waals surface area (Å²) < 4.78 is 0. The lowest BCUT2D eigenvalue weighted by atomic mass is 10.2. The molecule has 0 amide bonds. The predicted molar refractivity (Wildman–Crippen MR) is 82.1 cm³/mol. The van der Waals surface area contributed by atoms with Gasteiger partial charge in [0.1, 0.15) is 0 Å². The van der Waals surface area contributed by atoms with E-state index in [0.29, 0.717) is 5.56 Å². The predicted octanol–water partition coefficient (Wildman–Crippen LogP) is 2.96. The Balaban J connectivity index is 1.95. The summed E-state index contributed by atoms with van der Waals surface area (Å²) in [6, 6.07) is 11.4. The highest BCUT2D eigenvalue weighted by Gasteiger charge is 1.99. The van der Waals surface area contributed by atoms with Crippen molar-refractivity contribution in [3.63, 3.8) is 0 Å². The number of aromatic nitrogens is 1. The van der Waals surface area contributed by atoms with Gasteiger partial charge in [-0.15, -0.1) is 0 Å². The quantitative estimate of drug-likeness (QED) is 0.668. The zero-order valence-electron chi connectivity index (χ0n) is 11.6. The maximum absolute atomic E-state index is 11.8. The minimum Gasteiger partial charge on any atom is -0.378 e. The van der Waals surface area contributed by atoms with Crippen molar-refractivity contribution in [2.45, 2.75) is 0 Å². The van der Waals surface area contributed by atoms with Crippen molar-refractivity contribution >= 4 is 17.2 Å². The van der Waals surface area contributed by atoms with Crippen LogP contribution in [0.3, 0.4) is 0 Å². The summed E-state index contributed by atoms with van der Waals surface area (Å²) in [4.78, 5) is 17.7. The van der Waals surface area contributed by atoms with E-state index in [2.05, 4.69) is 10.3 Å². The van der Waals surface area contributed by atoms with Gasteiger partial charge in [-0.1, -0.05) is 0 Å². The number of carbonyl (C=O) groups is 1. The maximum Gasteiger partial charge on any atom is 0.187 e. The number of benzene rings is 1. The molecule has 1 aromatic carbocycles. The van der Waals surface area contributed by atoms with E-state index in [1.807, 2.05) is 43.3 Å². The van der Waals surface area contributed by atoms with Gasteiger partial charge < -0.3 is 10.2 Å². The Hall–Kier alpha value is -2.62. The third-order valence-electron chi connectivity index (χ3n) is 2.83. The van der Waals surface area contributed by atoms with Gasteiger partial charge in [0.2, 0.25) is 0 Å². The average Bonchev–Trinajstić information content (AvgIpc) is 2.48. The van der Waals surface area contributed by atoms with E-state index in [0.717, 1.165) is 11.4 Å². The van der Waals surface area contributed by atoms with Gasteiger partial charge in [-0.3, -0.25) is 9.78 Å². The van der Waals surface area contributed by atoms with Gasteiger partial charge in [-0.2, -0.15) is 0 Å². The average molecular weight is 267 g/mol. The lowest BCUT2D eigenvalue weighted by Gasteiger charge is -2.12. The summed E-state index contributed by atoms with van der Waals surface area (Å²) >= 11 is 0. The molecule has 0 fully saturated rings. The maximum atomic E-state index is 11.8. The summed E-state index contributed by atoms with van der Waals surface area (Å²) in [5.74, 6) is -0.0511. The molecule has 1 heterocycles. The Morgan fingerprint density at radius 2 is 1.75 bits per heavy atom. The van der Waals surface area contributed by atoms with Crippen LogP contribution in [0, 0.1) is 0 Å². The van der Waals surface area contributed by atoms with Crippen molar-refractivity contribution in [1.82, 2.24) is 4.98 Å². The second kappa shape index (κ2) is 6.52. The number of ketones is 1. The van der Waals surface area contributed by atoms with Gasteiger partial charge in [-0.05, 0) is 36.4 Å². The lowest BCUT2D eigenvalue weighted by Crippen LogP contribution is -2.08. The number of hydrogen-bond acceptors (Lipinski definition) is 4. The van der Waals surface area contributed by atoms with E-state index < -0.39 is 0 Å². The number of carbonyl (C=O) groups excluding carboxylic acids is 1. The number of hydrogen-bond donors (Lipinski definition) is 1. The fraction of sp³-hybridized carbons (Fsp3) is 0.125. The Morgan fingerprint density at radius 1 is 1.10 bits per heavy atom. The van der Waals surface area contributed by atoms with Gasteiger partial charge in [-0.25, -0.2) is 0 Å². The largest absolute Gasteiger partial charge is 0.378 e. The second-order valence-electron chi connectivity index (χ2n) is 4.52. The van der Waals surface area contributed by atoms with E-state index in [4.69, 9.17) is 0 Å². The van der Waals surface area contributed by atoms with Crippen molar-refractivity contribution in [2.24, 2.45) is 0 Å². The molecule has 0 bridgehead atoms. The van der Waals surface area contributed by atoms with Crippen LogP contribution in [0.2, 0.25) is 0 Å². The first kappa shape index (κ1) is 13.8. The van der Waals surface area contributed by atoms with E-state index >= 15 is 0 Å². The molecule has 0 saturated carbocycles. The van der Waals surface area contributed by atoms with Gasteiger partial charge in [0.05, 0.1) is 0 Å². The van der Waals surface area contributed by atoms with Gasteiger partial charge >= 0.3 is 0 Å². The molecule has 4 heteroatoms. The van der Waals surface area contributed by atoms with E-state index in [1.54, 1.807) is 30.7 Å². The fourth-order valence-corrected chi connectivity index (χ4v) is 1.68. The van der Waals surface area contributed by atoms with Crippen molar-refractivity contribution in [1.29, 1.82) is 0 Å². The van der Waals surface area contributed by atoms with Crippen LogP contribution >= 0.6 is 0 Å². The Kier molecular flexibility index (Phi) is 4.50. The first-order chi connectivity index (χ1) is 9.66. The van der Waals surface area contributed by atoms with Crippen LogP contribution in [-0.2, 0) is 0 Å². The SMILES string of the molecule is CN(C)c1ccc(N/C=C/C(=O)c2ccncc2)cc1. The first-order valence-corrected chi connectivity index (χ1v) is 6.31. The van der Waals surface area contributed by atoms with Crippen molar-refractivity contribution in [3.8, 4) is 0 Å². The monoisotopic (exact) mass is 267 g/mol. The smallest absolute Gasteiger partial charge is 0.187 e. The molecule has 0 aliphatic heterocycles. The van der Waals surface area contributed by atoms with Crippen LogP contribution in [-0.4, -0.2) is 24.9 Å². The summed E-state index contributed by atoms with van der Waals surface area (Å²) in [5, 5.41) is 3.08. The van der Waals surface area contributed by atoms with Crippen LogP contribution in [0.4, 0.5) is 11.4 Å².